The molecule has 8 nitrogen and oxygen atoms in total. The molecule has 1 amide bonds. The summed E-state index contributed by atoms with van der Waals surface area (Å²) in [4.78, 5) is 51.1. The van der Waals surface area contributed by atoms with E-state index in [4.69, 9.17) is 5.11 Å². The largest absolute Gasteiger partial charge is 0.481 e. The molecule has 8 heteroatoms. The average Bonchev–Trinajstić information content (AvgIpc) is 2.37. The quantitative estimate of drug-likeness (QED) is 0.651. The number of H-pyrrole nitrogens is 2. The highest BCUT2D eigenvalue weighted by Gasteiger charge is 2.28. The average molecular weight is 281 g/mol. The van der Waals surface area contributed by atoms with Crippen molar-refractivity contribution in [2.75, 3.05) is 13.1 Å². The lowest BCUT2D eigenvalue weighted by Crippen LogP contribution is -2.43. The Labute approximate surface area is 113 Å². The predicted octanol–water partition coefficient (Wildman–Crippen LogP) is -1.07. The van der Waals surface area contributed by atoms with Gasteiger partial charge in [-0.2, -0.15) is 0 Å². The summed E-state index contributed by atoms with van der Waals surface area (Å²) in [6.45, 7) is 0.664. The molecule has 0 radical (unpaired) electrons. The van der Waals surface area contributed by atoms with Crippen LogP contribution in [0.15, 0.2) is 15.7 Å². The topological polar surface area (TPSA) is 123 Å². The fourth-order valence-corrected chi connectivity index (χ4v) is 2.29. The summed E-state index contributed by atoms with van der Waals surface area (Å²) in [5, 5.41) is 8.97. The van der Waals surface area contributed by atoms with Crippen molar-refractivity contribution in [2.45, 2.75) is 19.3 Å². The Morgan fingerprint density at radius 2 is 2.10 bits per heavy atom. The lowest BCUT2D eigenvalue weighted by atomic mass is 9.98. The number of carbonyl (C=O) groups excluding carboxylic acids is 1. The fourth-order valence-electron chi connectivity index (χ4n) is 2.29. The normalized spacial score (nSPS) is 18.8. The van der Waals surface area contributed by atoms with Crippen LogP contribution < -0.4 is 11.2 Å². The lowest BCUT2D eigenvalue weighted by molar-refractivity contribution is -0.145. The van der Waals surface area contributed by atoms with E-state index in [1.807, 2.05) is 4.98 Å². The number of aromatic amines is 2. The molecule has 1 saturated heterocycles. The van der Waals surface area contributed by atoms with Crippen molar-refractivity contribution in [1.29, 1.82) is 0 Å². The number of carboxylic acid groups (broad SMARTS) is 1. The Hall–Kier alpha value is -2.38. The van der Waals surface area contributed by atoms with Crippen LogP contribution in [0, 0.1) is 5.92 Å². The number of likely N-dealkylation sites (tertiary alicyclic amines) is 1. The third-order valence-electron chi connectivity index (χ3n) is 3.28. The van der Waals surface area contributed by atoms with Crippen molar-refractivity contribution < 1.29 is 14.7 Å². The molecule has 2 heterocycles. The Kier molecular flexibility index (Phi) is 4.02. The molecule has 0 unspecified atom stereocenters. The van der Waals surface area contributed by atoms with Gasteiger partial charge >= 0.3 is 11.7 Å². The molecule has 1 atom stereocenters. The summed E-state index contributed by atoms with van der Waals surface area (Å²) < 4.78 is 0. The SMILES string of the molecule is O=C(O)[C@@H]1CCCN(C(=O)Cc2cc(=O)[nH]c(=O)[nH]2)C1. The second kappa shape index (κ2) is 5.72. The molecule has 0 saturated carbocycles. The van der Waals surface area contributed by atoms with Crippen LogP contribution >= 0.6 is 0 Å². The summed E-state index contributed by atoms with van der Waals surface area (Å²) in [6, 6.07) is 1.15. The first-order valence-corrected chi connectivity index (χ1v) is 6.29. The number of carbonyl (C=O) groups is 2. The smallest absolute Gasteiger partial charge is 0.325 e. The molecule has 3 N–H and O–H groups in total. The van der Waals surface area contributed by atoms with E-state index in [2.05, 4.69) is 4.98 Å². The minimum Gasteiger partial charge on any atom is -0.481 e. The molecule has 20 heavy (non-hydrogen) atoms. The molecule has 1 aliphatic heterocycles. The van der Waals surface area contributed by atoms with Gasteiger partial charge in [-0.3, -0.25) is 19.4 Å². The number of hydrogen-bond acceptors (Lipinski definition) is 4. The number of piperidine rings is 1. The van der Waals surface area contributed by atoms with Gasteiger partial charge in [0, 0.05) is 24.8 Å². The van der Waals surface area contributed by atoms with Gasteiger partial charge in [-0.1, -0.05) is 0 Å². The Bertz CT molecular complexity index is 604. The minimum atomic E-state index is -0.910. The van der Waals surface area contributed by atoms with Crippen molar-refractivity contribution in [3.05, 3.63) is 32.6 Å². The van der Waals surface area contributed by atoms with Crippen LogP contribution in [0.4, 0.5) is 0 Å². The second-order valence-corrected chi connectivity index (χ2v) is 4.81. The van der Waals surface area contributed by atoms with Gasteiger partial charge in [0.05, 0.1) is 12.3 Å². The van der Waals surface area contributed by atoms with Crippen molar-refractivity contribution in [1.82, 2.24) is 14.9 Å². The van der Waals surface area contributed by atoms with Gasteiger partial charge in [-0.25, -0.2) is 4.79 Å². The third-order valence-corrected chi connectivity index (χ3v) is 3.28. The van der Waals surface area contributed by atoms with Crippen molar-refractivity contribution in [3.8, 4) is 0 Å². The van der Waals surface area contributed by atoms with Crippen molar-refractivity contribution in [3.63, 3.8) is 0 Å². The molecule has 0 aromatic carbocycles. The van der Waals surface area contributed by atoms with E-state index in [1.165, 1.54) is 4.90 Å². The number of carboxylic acids is 1. The summed E-state index contributed by atoms with van der Waals surface area (Å²) in [7, 11) is 0. The minimum absolute atomic E-state index is 0.120. The zero-order chi connectivity index (χ0) is 14.7. The summed E-state index contributed by atoms with van der Waals surface area (Å²) in [5.41, 5.74) is -1.01. The van der Waals surface area contributed by atoms with E-state index in [9.17, 15) is 19.2 Å². The zero-order valence-electron chi connectivity index (χ0n) is 10.7. The number of aliphatic carboxylic acids is 1. The van der Waals surface area contributed by atoms with Crippen LogP contribution in [-0.2, 0) is 16.0 Å². The lowest BCUT2D eigenvalue weighted by Gasteiger charge is -2.30. The fraction of sp³-hybridized carbons (Fsp3) is 0.500. The third kappa shape index (κ3) is 3.34. The van der Waals surface area contributed by atoms with Crippen LogP contribution in [0.2, 0.25) is 0 Å². The monoisotopic (exact) mass is 281 g/mol. The standard InChI is InChI=1S/C12H15N3O5/c16-9-4-8(13-12(20)14-9)5-10(17)15-3-1-2-7(6-15)11(18)19/h4,7H,1-3,5-6H2,(H,18,19)(H2,13,14,16,20)/t7-/m1/s1. The Morgan fingerprint density at radius 3 is 2.75 bits per heavy atom. The van der Waals surface area contributed by atoms with Crippen molar-refractivity contribution >= 4 is 11.9 Å². The van der Waals surface area contributed by atoms with Crippen LogP contribution in [0.3, 0.4) is 0 Å². The molecule has 1 aliphatic rings. The summed E-state index contributed by atoms with van der Waals surface area (Å²) >= 11 is 0. The maximum absolute atomic E-state index is 12.1. The Balaban J connectivity index is 2.06. The zero-order valence-corrected chi connectivity index (χ0v) is 10.7. The molecular formula is C12H15N3O5. The molecule has 0 bridgehead atoms. The molecule has 1 aromatic heterocycles. The van der Waals surface area contributed by atoms with Crippen LogP contribution in [0.1, 0.15) is 18.5 Å². The predicted molar refractivity (Wildman–Crippen MR) is 68.3 cm³/mol. The molecule has 0 aliphatic carbocycles. The van der Waals surface area contributed by atoms with Crippen LogP contribution in [0.5, 0.6) is 0 Å². The Morgan fingerprint density at radius 1 is 1.35 bits per heavy atom. The van der Waals surface area contributed by atoms with Gasteiger partial charge in [0.15, 0.2) is 0 Å². The van der Waals surface area contributed by atoms with Gasteiger partial charge < -0.3 is 15.0 Å². The van der Waals surface area contributed by atoms with E-state index in [-0.39, 0.29) is 24.6 Å². The highest BCUT2D eigenvalue weighted by Crippen LogP contribution is 2.17. The van der Waals surface area contributed by atoms with E-state index < -0.39 is 23.1 Å². The molecule has 1 fully saturated rings. The van der Waals surface area contributed by atoms with E-state index in [0.717, 1.165) is 6.07 Å². The highest BCUT2D eigenvalue weighted by molar-refractivity contribution is 5.79. The van der Waals surface area contributed by atoms with Gasteiger partial charge in [-0.05, 0) is 12.8 Å². The molecule has 2 rings (SSSR count). The van der Waals surface area contributed by atoms with Gasteiger partial charge in [0.2, 0.25) is 5.91 Å². The first-order chi connectivity index (χ1) is 9.45. The molecule has 0 spiro atoms. The highest BCUT2D eigenvalue weighted by atomic mass is 16.4. The van der Waals surface area contributed by atoms with E-state index in [1.54, 1.807) is 0 Å². The summed E-state index contributed by atoms with van der Waals surface area (Å²) in [6.07, 6.45) is 1.07. The number of rotatable bonds is 3. The molecular weight excluding hydrogens is 266 g/mol. The first kappa shape index (κ1) is 14.0. The number of hydrogen-bond donors (Lipinski definition) is 3. The maximum Gasteiger partial charge on any atom is 0.325 e. The maximum atomic E-state index is 12.1. The van der Waals surface area contributed by atoms with Crippen LogP contribution in [0.25, 0.3) is 0 Å². The first-order valence-electron chi connectivity index (χ1n) is 6.29. The van der Waals surface area contributed by atoms with E-state index in [0.29, 0.717) is 19.4 Å². The second-order valence-electron chi connectivity index (χ2n) is 4.81. The number of amides is 1. The van der Waals surface area contributed by atoms with Gasteiger partial charge in [-0.15, -0.1) is 0 Å². The van der Waals surface area contributed by atoms with Gasteiger partial charge in [0.1, 0.15) is 0 Å². The molecule has 1 aromatic rings. The number of nitrogens with one attached hydrogen (secondary N) is 2. The van der Waals surface area contributed by atoms with Crippen molar-refractivity contribution in [2.24, 2.45) is 5.92 Å². The molecule has 108 valence electrons. The van der Waals surface area contributed by atoms with Gasteiger partial charge in [0.25, 0.3) is 5.56 Å². The number of aromatic nitrogens is 2. The summed E-state index contributed by atoms with van der Waals surface area (Å²) in [5.74, 6) is -1.75. The number of nitrogens with zero attached hydrogens (tertiary/aromatic N) is 1. The van der Waals surface area contributed by atoms with E-state index >= 15 is 0 Å². The van der Waals surface area contributed by atoms with Crippen LogP contribution in [-0.4, -0.2) is 44.9 Å².